The molecule has 0 rings (SSSR count). The van der Waals surface area contributed by atoms with Crippen LogP contribution in [0.2, 0.25) is 0 Å². The van der Waals surface area contributed by atoms with E-state index in [4.69, 9.17) is 5.73 Å². The van der Waals surface area contributed by atoms with Gasteiger partial charge in [0.05, 0.1) is 5.92 Å². The van der Waals surface area contributed by atoms with E-state index in [1.54, 1.807) is 0 Å². The fourth-order valence-electron chi connectivity index (χ4n) is 5.36. The van der Waals surface area contributed by atoms with Crippen molar-refractivity contribution in [2.24, 2.45) is 17.6 Å². The molecule has 4 nitrogen and oxygen atoms in total. The van der Waals surface area contributed by atoms with E-state index in [2.05, 4.69) is 13.8 Å². The van der Waals surface area contributed by atoms with Gasteiger partial charge in [-0.3, -0.25) is 9.59 Å². The van der Waals surface area contributed by atoms with Crippen LogP contribution in [0.5, 0.6) is 0 Å². The SMILES string of the molecule is CCCCCCCCCCCCC(CCCCC(CCCCCCCCCCCC)C(=O)O)C(N)=O. The second-order valence-corrected chi connectivity index (χ2v) is 11.4. The van der Waals surface area contributed by atoms with E-state index in [1.165, 1.54) is 109 Å². The second kappa shape index (κ2) is 27.0. The molecule has 2 unspecified atom stereocenters. The van der Waals surface area contributed by atoms with Crippen LogP contribution in [0.4, 0.5) is 0 Å². The Balaban J connectivity index is 3.81. The number of unbranched alkanes of at least 4 members (excludes halogenated alkanes) is 19. The van der Waals surface area contributed by atoms with Crippen molar-refractivity contribution in [2.45, 2.75) is 181 Å². The van der Waals surface area contributed by atoms with Crippen LogP contribution in [-0.4, -0.2) is 17.0 Å². The Bertz CT molecular complexity index is 450. The van der Waals surface area contributed by atoms with Gasteiger partial charge in [0.25, 0.3) is 0 Å². The first-order chi connectivity index (χ1) is 17.5. The summed E-state index contributed by atoms with van der Waals surface area (Å²) in [5.74, 6) is -1.09. The van der Waals surface area contributed by atoms with Gasteiger partial charge < -0.3 is 10.8 Å². The molecule has 0 heterocycles. The first kappa shape index (κ1) is 34.9. The smallest absolute Gasteiger partial charge is 0.306 e. The van der Waals surface area contributed by atoms with E-state index in [0.29, 0.717) is 0 Å². The molecule has 214 valence electrons. The van der Waals surface area contributed by atoms with E-state index in [1.807, 2.05) is 0 Å². The van der Waals surface area contributed by atoms with E-state index in [9.17, 15) is 14.7 Å². The van der Waals surface area contributed by atoms with Crippen molar-refractivity contribution < 1.29 is 14.7 Å². The maximum atomic E-state index is 11.9. The molecular formula is C32H63NO3. The molecule has 3 N–H and O–H groups in total. The molecule has 4 heteroatoms. The molecule has 0 aliphatic carbocycles. The van der Waals surface area contributed by atoms with Crippen LogP contribution in [0.1, 0.15) is 181 Å². The van der Waals surface area contributed by atoms with Crippen LogP contribution in [0.15, 0.2) is 0 Å². The summed E-state index contributed by atoms with van der Waals surface area (Å²) >= 11 is 0. The number of aliphatic carboxylic acids is 1. The summed E-state index contributed by atoms with van der Waals surface area (Å²) in [6.45, 7) is 4.51. The van der Waals surface area contributed by atoms with Gasteiger partial charge in [-0.2, -0.15) is 0 Å². The molecule has 0 aliphatic rings. The molecule has 2 atom stereocenters. The largest absolute Gasteiger partial charge is 0.481 e. The topological polar surface area (TPSA) is 80.4 Å². The molecule has 0 aromatic carbocycles. The zero-order valence-electron chi connectivity index (χ0n) is 24.4. The van der Waals surface area contributed by atoms with E-state index < -0.39 is 5.97 Å². The maximum absolute atomic E-state index is 11.9. The first-order valence-corrected chi connectivity index (χ1v) is 16.0. The molecule has 0 saturated heterocycles. The minimum absolute atomic E-state index is 0.0377. The Kier molecular flexibility index (Phi) is 26.2. The highest BCUT2D eigenvalue weighted by Gasteiger charge is 2.18. The molecule has 0 saturated carbocycles. The van der Waals surface area contributed by atoms with Gasteiger partial charge in [-0.15, -0.1) is 0 Å². The molecular weight excluding hydrogens is 446 g/mol. The maximum Gasteiger partial charge on any atom is 0.306 e. The van der Waals surface area contributed by atoms with Gasteiger partial charge in [-0.1, -0.05) is 155 Å². The van der Waals surface area contributed by atoms with Gasteiger partial charge in [-0.05, 0) is 25.7 Å². The van der Waals surface area contributed by atoms with Crippen molar-refractivity contribution in [3.63, 3.8) is 0 Å². The number of carboxylic acid groups (broad SMARTS) is 1. The summed E-state index contributed by atoms with van der Waals surface area (Å²) in [5.41, 5.74) is 5.66. The molecule has 0 aromatic heterocycles. The lowest BCUT2D eigenvalue weighted by atomic mass is 9.91. The highest BCUT2D eigenvalue weighted by Crippen LogP contribution is 2.22. The van der Waals surface area contributed by atoms with Gasteiger partial charge in [0, 0.05) is 5.92 Å². The molecule has 1 amide bonds. The van der Waals surface area contributed by atoms with E-state index in [-0.39, 0.29) is 17.7 Å². The standard InChI is InChI=1S/C32H63NO3/c1-3-5-7-9-11-13-15-17-19-21-25-29(31(33)34)26-23-24-28-30(32(35)36)27-22-20-18-16-14-12-10-8-6-4-2/h29-30H,3-28H2,1-2H3,(H2,33,34)(H,35,36). The van der Waals surface area contributed by atoms with Crippen LogP contribution in [-0.2, 0) is 9.59 Å². The molecule has 0 spiro atoms. The highest BCUT2D eigenvalue weighted by molar-refractivity contribution is 5.76. The zero-order valence-corrected chi connectivity index (χ0v) is 24.4. The first-order valence-electron chi connectivity index (χ1n) is 16.0. The average Bonchev–Trinajstić information content (AvgIpc) is 2.85. The van der Waals surface area contributed by atoms with Crippen LogP contribution in [0.3, 0.4) is 0 Å². The molecule has 0 aromatic rings. The van der Waals surface area contributed by atoms with Gasteiger partial charge in [0.2, 0.25) is 5.91 Å². The lowest BCUT2D eigenvalue weighted by Crippen LogP contribution is -2.23. The Morgan fingerprint density at radius 3 is 1.00 bits per heavy atom. The van der Waals surface area contributed by atoms with E-state index in [0.717, 1.165) is 57.8 Å². The van der Waals surface area contributed by atoms with E-state index >= 15 is 0 Å². The quantitative estimate of drug-likeness (QED) is 0.0984. The number of primary amides is 1. The Labute approximate surface area is 225 Å². The summed E-state index contributed by atoms with van der Waals surface area (Å²) in [6.07, 6.45) is 30.8. The number of nitrogens with two attached hydrogens (primary N) is 1. The number of carbonyl (C=O) groups is 2. The summed E-state index contributed by atoms with van der Waals surface area (Å²) in [6, 6.07) is 0. The van der Waals surface area contributed by atoms with Crippen LogP contribution < -0.4 is 5.73 Å². The third-order valence-corrected chi connectivity index (χ3v) is 7.92. The van der Waals surface area contributed by atoms with Gasteiger partial charge in [0.15, 0.2) is 0 Å². The van der Waals surface area contributed by atoms with Crippen molar-refractivity contribution in [1.82, 2.24) is 0 Å². The summed E-state index contributed by atoms with van der Waals surface area (Å²) in [7, 11) is 0. The minimum atomic E-state index is -0.650. The van der Waals surface area contributed by atoms with Crippen molar-refractivity contribution in [1.29, 1.82) is 0 Å². The molecule has 36 heavy (non-hydrogen) atoms. The fraction of sp³-hybridized carbons (Fsp3) is 0.938. The monoisotopic (exact) mass is 509 g/mol. The third kappa shape index (κ3) is 23.3. The zero-order chi connectivity index (χ0) is 26.7. The lowest BCUT2D eigenvalue weighted by molar-refractivity contribution is -0.142. The summed E-state index contributed by atoms with van der Waals surface area (Å²) in [4.78, 5) is 23.5. The van der Waals surface area contributed by atoms with Crippen LogP contribution in [0, 0.1) is 11.8 Å². The van der Waals surface area contributed by atoms with Crippen molar-refractivity contribution in [3.8, 4) is 0 Å². The Hall–Kier alpha value is -1.06. The van der Waals surface area contributed by atoms with Crippen molar-refractivity contribution >= 4 is 11.9 Å². The number of amides is 1. The second-order valence-electron chi connectivity index (χ2n) is 11.4. The van der Waals surface area contributed by atoms with Crippen LogP contribution in [0.25, 0.3) is 0 Å². The predicted octanol–water partition coefficient (Wildman–Crippen LogP) is 9.97. The van der Waals surface area contributed by atoms with Gasteiger partial charge in [0.1, 0.15) is 0 Å². The number of hydrogen-bond donors (Lipinski definition) is 2. The highest BCUT2D eigenvalue weighted by atomic mass is 16.4. The number of carboxylic acids is 1. The predicted molar refractivity (Wildman–Crippen MR) is 155 cm³/mol. The summed E-state index contributed by atoms with van der Waals surface area (Å²) < 4.78 is 0. The molecule has 0 aliphatic heterocycles. The minimum Gasteiger partial charge on any atom is -0.481 e. The third-order valence-electron chi connectivity index (χ3n) is 7.92. The van der Waals surface area contributed by atoms with Crippen molar-refractivity contribution in [3.05, 3.63) is 0 Å². The number of rotatable bonds is 29. The number of hydrogen-bond acceptors (Lipinski definition) is 2. The lowest BCUT2D eigenvalue weighted by Gasteiger charge is -2.15. The molecule has 0 fully saturated rings. The normalized spacial score (nSPS) is 13.1. The molecule has 0 bridgehead atoms. The van der Waals surface area contributed by atoms with Gasteiger partial charge >= 0.3 is 5.97 Å². The Morgan fingerprint density at radius 2 is 0.722 bits per heavy atom. The Morgan fingerprint density at radius 1 is 0.472 bits per heavy atom. The van der Waals surface area contributed by atoms with Gasteiger partial charge in [-0.25, -0.2) is 0 Å². The molecule has 0 radical (unpaired) electrons. The number of carbonyl (C=O) groups excluding carboxylic acids is 1. The fourth-order valence-corrected chi connectivity index (χ4v) is 5.36. The summed E-state index contributed by atoms with van der Waals surface area (Å²) in [5, 5.41) is 9.60. The van der Waals surface area contributed by atoms with Crippen LogP contribution >= 0.6 is 0 Å². The average molecular weight is 510 g/mol. The van der Waals surface area contributed by atoms with Crippen molar-refractivity contribution in [2.75, 3.05) is 0 Å².